The van der Waals surface area contributed by atoms with E-state index in [1.54, 1.807) is 13.8 Å². The fraction of sp³-hybridized carbons (Fsp3) is 0.593. The lowest BCUT2D eigenvalue weighted by molar-refractivity contribution is -0.152. The summed E-state index contributed by atoms with van der Waals surface area (Å²) in [6.07, 6.45) is 10.8. The Hall–Kier alpha value is -2.87. The van der Waals surface area contributed by atoms with Crippen molar-refractivity contribution in [3.05, 3.63) is 42.2 Å². The number of aromatic nitrogens is 2. The number of rotatable bonds is 14. The van der Waals surface area contributed by atoms with Gasteiger partial charge in [-0.05, 0) is 44.4 Å². The monoisotopic (exact) mass is 484 g/mol. The lowest BCUT2D eigenvalue weighted by atomic mass is 10.1. The molecule has 0 amide bonds. The molecule has 2 heterocycles. The first-order valence-corrected chi connectivity index (χ1v) is 12.8. The van der Waals surface area contributed by atoms with Crippen LogP contribution in [-0.2, 0) is 16.0 Å². The van der Waals surface area contributed by atoms with Gasteiger partial charge in [-0.1, -0.05) is 44.7 Å². The molecule has 1 aromatic heterocycles. The molecule has 0 spiro atoms. The van der Waals surface area contributed by atoms with E-state index in [0.29, 0.717) is 5.75 Å². The van der Waals surface area contributed by atoms with Crippen LogP contribution in [0.1, 0.15) is 58.4 Å². The number of unbranched alkanes of at least 4 members (excludes halogenated alkanes) is 4. The molecular formula is C27H40N4O4. The standard InChI is InChI=1S/C27H40N4O4/c1-4-5-6-7-8-14-31(26-28-20-23(21-29-26)30-16-18-34-19-17-30)15-13-22-9-11-24(12-10-22)35-27(2,3)25(32)33/h9-12,20-21H,4-8,13-19H2,1-3H3,(H,32,33). The second-order valence-corrected chi connectivity index (χ2v) is 9.55. The van der Waals surface area contributed by atoms with Crippen LogP contribution in [0.3, 0.4) is 0 Å². The Bertz CT molecular complexity index is 896. The molecule has 1 aliphatic rings. The summed E-state index contributed by atoms with van der Waals surface area (Å²) in [7, 11) is 0. The molecule has 1 N–H and O–H groups in total. The molecule has 0 aliphatic carbocycles. The summed E-state index contributed by atoms with van der Waals surface area (Å²) in [5.41, 5.74) is 0.937. The fourth-order valence-electron chi connectivity index (χ4n) is 4.01. The summed E-state index contributed by atoms with van der Waals surface area (Å²) in [6, 6.07) is 7.66. The summed E-state index contributed by atoms with van der Waals surface area (Å²) in [6.45, 7) is 10.3. The van der Waals surface area contributed by atoms with Crippen molar-refractivity contribution < 1.29 is 19.4 Å². The fourth-order valence-corrected chi connectivity index (χ4v) is 4.01. The van der Waals surface area contributed by atoms with Crippen molar-refractivity contribution in [3.8, 4) is 5.75 Å². The van der Waals surface area contributed by atoms with Crippen LogP contribution in [0.15, 0.2) is 36.7 Å². The molecular weight excluding hydrogens is 444 g/mol. The van der Waals surface area contributed by atoms with E-state index in [-0.39, 0.29) is 0 Å². The molecule has 2 aromatic rings. The van der Waals surface area contributed by atoms with Crippen LogP contribution in [0.25, 0.3) is 0 Å². The Morgan fingerprint density at radius 1 is 1.06 bits per heavy atom. The van der Waals surface area contributed by atoms with Gasteiger partial charge in [0.25, 0.3) is 0 Å². The van der Waals surface area contributed by atoms with Crippen molar-refractivity contribution in [1.82, 2.24) is 9.97 Å². The highest BCUT2D eigenvalue weighted by Gasteiger charge is 2.29. The average molecular weight is 485 g/mol. The van der Waals surface area contributed by atoms with E-state index in [1.807, 2.05) is 36.7 Å². The predicted molar refractivity (Wildman–Crippen MR) is 139 cm³/mol. The third-order valence-electron chi connectivity index (χ3n) is 6.30. The summed E-state index contributed by atoms with van der Waals surface area (Å²) >= 11 is 0. The van der Waals surface area contributed by atoms with E-state index in [0.717, 1.165) is 69.4 Å². The summed E-state index contributed by atoms with van der Waals surface area (Å²) in [5, 5.41) is 9.27. The number of nitrogens with zero attached hydrogens (tertiary/aromatic N) is 4. The van der Waals surface area contributed by atoms with E-state index in [9.17, 15) is 9.90 Å². The molecule has 1 aromatic carbocycles. The number of hydrogen-bond acceptors (Lipinski definition) is 7. The average Bonchev–Trinajstić information content (AvgIpc) is 2.87. The van der Waals surface area contributed by atoms with E-state index < -0.39 is 11.6 Å². The maximum atomic E-state index is 11.3. The predicted octanol–water partition coefficient (Wildman–Crippen LogP) is 4.57. The highest BCUT2D eigenvalue weighted by atomic mass is 16.5. The van der Waals surface area contributed by atoms with Crippen LogP contribution in [0.2, 0.25) is 0 Å². The second-order valence-electron chi connectivity index (χ2n) is 9.55. The van der Waals surface area contributed by atoms with Gasteiger partial charge in [-0.15, -0.1) is 0 Å². The summed E-state index contributed by atoms with van der Waals surface area (Å²) in [4.78, 5) is 25.3. The lowest BCUT2D eigenvalue weighted by Gasteiger charge is -2.29. The highest BCUT2D eigenvalue weighted by molar-refractivity contribution is 5.76. The number of aliphatic carboxylic acids is 1. The first kappa shape index (κ1) is 26.7. The number of morpholine rings is 1. The third kappa shape index (κ3) is 8.38. The topological polar surface area (TPSA) is 88.0 Å². The van der Waals surface area contributed by atoms with Crippen molar-refractivity contribution in [2.75, 3.05) is 49.2 Å². The normalized spacial score (nSPS) is 14.1. The molecule has 1 aliphatic heterocycles. The molecule has 192 valence electrons. The molecule has 0 atom stereocenters. The van der Waals surface area contributed by atoms with Gasteiger partial charge in [-0.25, -0.2) is 14.8 Å². The molecule has 0 bridgehead atoms. The summed E-state index contributed by atoms with van der Waals surface area (Å²) in [5.74, 6) is 0.326. The minimum Gasteiger partial charge on any atom is -0.478 e. The largest absolute Gasteiger partial charge is 0.478 e. The number of carboxylic acid groups (broad SMARTS) is 1. The van der Waals surface area contributed by atoms with Gasteiger partial charge >= 0.3 is 5.97 Å². The Labute approximate surface area is 209 Å². The Kier molecular flexibility index (Phi) is 10.1. The van der Waals surface area contributed by atoms with Crippen LogP contribution in [0.4, 0.5) is 11.6 Å². The van der Waals surface area contributed by atoms with Crippen LogP contribution < -0.4 is 14.5 Å². The van der Waals surface area contributed by atoms with Crippen molar-refractivity contribution in [3.63, 3.8) is 0 Å². The van der Waals surface area contributed by atoms with Crippen LogP contribution in [0.5, 0.6) is 5.75 Å². The number of hydrogen-bond donors (Lipinski definition) is 1. The van der Waals surface area contributed by atoms with E-state index in [4.69, 9.17) is 19.4 Å². The van der Waals surface area contributed by atoms with Crippen molar-refractivity contribution >= 4 is 17.6 Å². The summed E-state index contributed by atoms with van der Waals surface area (Å²) < 4.78 is 11.1. The molecule has 1 fully saturated rings. The van der Waals surface area contributed by atoms with Gasteiger partial charge in [0.15, 0.2) is 5.60 Å². The Morgan fingerprint density at radius 2 is 1.71 bits per heavy atom. The van der Waals surface area contributed by atoms with Gasteiger partial charge < -0.3 is 24.4 Å². The molecule has 0 saturated carbocycles. The van der Waals surface area contributed by atoms with E-state index in [2.05, 4.69) is 16.7 Å². The maximum Gasteiger partial charge on any atom is 0.347 e. The Morgan fingerprint density at radius 3 is 2.34 bits per heavy atom. The van der Waals surface area contributed by atoms with Crippen molar-refractivity contribution in [2.45, 2.75) is 64.9 Å². The first-order chi connectivity index (χ1) is 16.9. The molecule has 35 heavy (non-hydrogen) atoms. The molecule has 8 nitrogen and oxygen atoms in total. The zero-order valence-corrected chi connectivity index (χ0v) is 21.4. The molecule has 8 heteroatoms. The maximum absolute atomic E-state index is 11.3. The Balaban J connectivity index is 1.61. The van der Waals surface area contributed by atoms with Crippen LogP contribution in [0, 0.1) is 0 Å². The third-order valence-corrected chi connectivity index (χ3v) is 6.30. The SMILES string of the molecule is CCCCCCCN(CCc1ccc(OC(C)(C)C(=O)O)cc1)c1ncc(N2CCOCC2)cn1. The van der Waals surface area contributed by atoms with Gasteiger partial charge in [0.2, 0.25) is 5.95 Å². The first-order valence-electron chi connectivity index (χ1n) is 12.8. The molecule has 3 rings (SSSR count). The minimum absolute atomic E-state index is 0.552. The molecule has 0 unspecified atom stereocenters. The number of anilines is 2. The van der Waals surface area contributed by atoms with Crippen molar-refractivity contribution in [2.24, 2.45) is 0 Å². The number of benzene rings is 1. The zero-order chi connectivity index (χ0) is 25.1. The highest BCUT2D eigenvalue weighted by Crippen LogP contribution is 2.21. The van der Waals surface area contributed by atoms with Gasteiger partial charge in [0.05, 0.1) is 31.3 Å². The number of carboxylic acids is 1. The van der Waals surface area contributed by atoms with Gasteiger partial charge in [0.1, 0.15) is 5.75 Å². The molecule has 1 saturated heterocycles. The van der Waals surface area contributed by atoms with Crippen LogP contribution >= 0.6 is 0 Å². The quantitative estimate of drug-likeness (QED) is 0.390. The van der Waals surface area contributed by atoms with Crippen molar-refractivity contribution in [1.29, 1.82) is 0 Å². The van der Waals surface area contributed by atoms with Gasteiger partial charge in [-0.2, -0.15) is 0 Å². The van der Waals surface area contributed by atoms with E-state index in [1.165, 1.54) is 25.7 Å². The second kappa shape index (κ2) is 13.3. The van der Waals surface area contributed by atoms with Gasteiger partial charge in [0, 0.05) is 26.2 Å². The van der Waals surface area contributed by atoms with Crippen LogP contribution in [-0.4, -0.2) is 66.0 Å². The number of ether oxygens (including phenoxy) is 2. The lowest BCUT2D eigenvalue weighted by Crippen LogP contribution is -2.37. The number of carbonyl (C=O) groups is 1. The zero-order valence-electron chi connectivity index (χ0n) is 21.4. The minimum atomic E-state index is -1.26. The smallest absolute Gasteiger partial charge is 0.347 e. The van der Waals surface area contributed by atoms with E-state index >= 15 is 0 Å². The van der Waals surface area contributed by atoms with Gasteiger partial charge in [-0.3, -0.25) is 0 Å². The molecule has 0 radical (unpaired) electrons.